The number of carboxylic acids is 2. The minimum absolute atomic E-state index is 0.241. The van der Waals surface area contributed by atoms with Gasteiger partial charge in [-0.25, -0.2) is 9.59 Å². The van der Waals surface area contributed by atoms with Crippen LogP contribution in [0.15, 0.2) is 64.5 Å². The third-order valence-corrected chi connectivity index (χ3v) is 6.08. The van der Waals surface area contributed by atoms with Crippen molar-refractivity contribution in [2.75, 3.05) is 20.2 Å². The lowest BCUT2D eigenvalue weighted by Crippen LogP contribution is -2.07. The van der Waals surface area contributed by atoms with Crippen molar-refractivity contribution in [3.63, 3.8) is 0 Å². The number of unbranched alkanes of at least 4 members (excludes halogenated alkanes) is 3. The molecule has 0 bridgehead atoms. The van der Waals surface area contributed by atoms with E-state index in [2.05, 4.69) is 50.9 Å². The van der Waals surface area contributed by atoms with Crippen LogP contribution in [-0.2, 0) is 9.59 Å². The largest absolute Gasteiger partial charge is 0.494 e. The summed E-state index contributed by atoms with van der Waals surface area (Å²) in [5.41, 5.74) is 0.114. The van der Waals surface area contributed by atoms with Crippen LogP contribution in [0.5, 0.6) is 5.75 Å². The van der Waals surface area contributed by atoms with Crippen molar-refractivity contribution in [2.45, 2.75) is 25.7 Å². The summed E-state index contributed by atoms with van der Waals surface area (Å²) in [6.45, 7) is 1.95. The van der Waals surface area contributed by atoms with Crippen molar-refractivity contribution >= 4 is 54.9 Å². The number of halogens is 1. The summed E-state index contributed by atoms with van der Waals surface area (Å²) in [6, 6.07) is 14.8. The van der Waals surface area contributed by atoms with Crippen LogP contribution in [0, 0.1) is 0 Å². The molecule has 2 aromatic carbocycles. The van der Waals surface area contributed by atoms with Gasteiger partial charge in [-0.15, -0.1) is 11.3 Å². The Morgan fingerprint density at radius 2 is 1.76 bits per heavy atom. The molecule has 0 amide bonds. The fourth-order valence-corrected chi connectivity index (χ4v) is 4.08. The van der Waals surface area contributed by atoms with E-state index in [1.54, 1.807) is 23.5 Å². The maximum absolute atomic E-state index is 10.8. The summed E-state index contributed by atoms with van der Waals surface area (Å²) in [7, 11) is 2.00. The van der Waals surface area contributed by atoms with Crippen LogP contribution in [0.1, 0.15) is 31.2 Å². The van der Waals surface area contributed by atoms with Gasteiger partial charge < -0.3 is 20.3 Å². The highest BCUT2D eigenvalue weighted by Gasteiger charge is 2.11. The molecule has 0 spiro atoms. The number of fused-ring (bicyclic) bond motifs is 1. The smallest absolute Gasteiger partial charge is 0.336 e. The number of carboxylic acid groups (broad SMARTS) is 2. The van der Waals surface area contributed by atoms with Crippen LogP contribution in [0.4, 0.5) is 0 Å². The molecule has 3 aromatic rings. The topological polar surface area (TPSA) is 95.9 Å². The Balaban J connectivity index is 0.000000238. The fourth-order valence-electron chi connectivity index (χ4n) is 2.99. The Morgan fingerprint density at radius 1 is 1.03 bits per heavy atom. The molecule has 0 aliphatic carbocycles. The number of aliphatic carboxylic acids is 2. The van der Waals surface area contributed by atoms with E-state index < -0.39 is 11.9 Å². The molecule has 0 aliphatic heterocycles. The van der Waals surface area contributed by atoms with E-state index in [4.69, 9.17) is 14.9 Å². The Hall–Kier alpha value is -2.68. The van der Waals surface area contributed by atoms with Gasteiger partial charge in [0.2, 0.25) is 0 Å². The Morgan fingerprint density at radius 3 is 2.42 bits per heavy atom. The molecule has 3 rings (SSSR count). The SMILES string of the molecule is CNCCCCCCOc1ccc2ccsc2c1.O=C(O)/C=C(/C(=O)O)c1ccc(Br)cc1. The lowest BCUT2D eigenvalue weighted by molar-refractivity contribution is -0.133. The summed E-state index contributed by atoms with van der Waals surface area (Å²) in [4.78, 5) is 21.2. The summed E-state index contributed by atoms with van der Waals surface area (Å²) in [5.74, 6) is -1.55. The molecule has 0 fully saturated rings. The van der Waals surface area contributed by atoms with Crippen molar-refractivity contribution in [3.05, 3.63) is 70.0 Å². The first-order valence-electron chi connectivity index (χ1n) is 10.6. The average molecular weight is 534 g/mol. The van der Waals surface area contributed by atoms with Gasteiger partial charge in [0.05, 0.1) is 12.2 Å². The van der Waals surface area contributed by atoms with Gasteiger partial charge in [-0.2, -0.15) is 0 Å². The third-order valence-electron chi connectivity index (χ3n) is 4.67. The van der Waals surface area contributed by atoms with Crippen molar-refractivity contribution in [2.24, 2.45) is 0 Å². The standard InChI is InChI=1S/C15H21NOS.C10H7BrO4/c1-16-9-4-2-3-5-10-17-14-7-6-13-8-11-18-15(13)12-14;11-7-3-1-6(2-4-7)8(10(14)15)5-9(12)13/h6-8,11-12,16H,2-5,9-10H2,1H3;1-5H,(H,12,13)(H,14,15)/b;8-5+. The van der Waals surface area contributed by atoms with Gasteiger partial charge >= 0.3 is 11.9 Å². The number of carbonyl (C=O) groups is 2. The number of ether oxygens (including phenoxy) is 1. The average Bonchev–Trinajstić information content (AvgIpc) is 3.26. The molecule has 0 aliphatic rings. The van der Waals surface area contributed by atoms with Crippen LogP contribution < -0.4 is 10.1 Å². The molecule has 176 valence electrons. The molecule has 3 N–H and O–H groups in total. The molecule has 1 heterocycles. The monoisotopic (exact) mass is 533 g/mol. The van der Waals surface area contributed by atoms with Gasteiger partial charge in [0.15, 0.2) is 0 Å². The molecule has 0 unspecified atom stereocenters. The van der Waals surface area contributed by atoms with E-state index in [9.17, 15) is 9.59 Å². The van der Waals surface area contributed by atoms with Crippen molar-refractivity contribution in [1.82, 2.24) is 5.32 Å². The number of hydrogen-bond donors (Lipinski definition) is 3. The number of rotatable bonds is 11. The van der Waals surface area contributed by atoms with E-state index in [-0.39, 0.29) is 5.57 Å². The fraction of sp³-hybridized carbons (Fsp3) is 0.280. The van der Waals surface area contributed by atoms with Gasteiger partial charge in [-0.3, -0.25) is 0 Å². The van der Waals surface area contributed by atoms with E-state index in [1.807, 2.05) is 7.05 Å². The quantitative estimate of drug-likeness (QED) is 0.204. The number of benzene rings is 2. The molecule has 0 saturated heterocycles. The summed E-state index contributed by atoms with van der Waals surface area (Å²) < 4.78 is 7.89. The predicted molar refractivity (Wildman–Crippen MR) is 137 cm³/mol. The van der Waals surface area contributed by atoms with Crippen LogP contribution in [0.2, 0.25) is 0 Å². The summed E-state index contributed by atoms with van der Waals surface area (Å²) in [5, 5.41) is 23.9. The van der Waals surface area contributed by atoms with Gasteiger partial charge in [0, 0.05) is 15.2 Å². The minimum Gasteiger partial charge on any atom is -0.494 e. The molecule has 33 heavy (non-hydrogen) atoms. The number of hydrogen-bond acceptors (Lipinski definition) is 5. The minimum atomic E-state index is -1.28. The van der Waals surface area contributed by atoms with Crippen LogP contribution >= 0.6 is 27.3 Å². The molecule has 8 heteroatoms. The highest BCUT2D eigenvalue weighted by Crippen LogP contribution is 2.25. The van der Waals surface area contributed by atoms with Crippen LogP contribution in [0.3, 0.4) is 0 Å². The first kappa shape index (κ1) is 26.6. The van der Waals surface area contributed by atoms with Crippen molar-refractivity contribution < 1.29 is 24.5 Å². The van der Waals surface area contributed by atoms with E-state index in [1.165, 1.54) is 41.5 Å². The molecule has 0 saturated carbocycles. The first-order valence-corrected chi connectivity index (χ1v) is 12.3. The Bertz CT molecular complexity index is 1060. The van der Waals surface area contributed by atoms with Crippen LogP contribution in [0.25, 0.3) is 15.7 Å². The maximum Gasteiger partial charge on any atom is 0.336 e. The van der Waals surface area contributed by atoms with Gasteiger partial charge in [-0.05, 0) is 79.2 Å². The zero-order valence-electron chi connectivity index (χ0n) is 18.4. The van der Waals surface area contributed by atoms with E-state index >= 15 is 0 Å². The van der Waals surface area contributed by atoms with Gasteiger partial charge in [0.25, 0.3) is 0 Å². The second-order valence-electron chi connectivity index (χ2n) is 7.19. The third kappa shape index (κ3) is 9.77. The normalized spacial score (nSPS) is 11.0. The van der Waals surface area contributed by atoms with E-state index in [0.29, 0.717) is 11.6 Å². The van der Waals surface area contributed by atoms with Crippen molar-refractivity contribution in [3.8, 4) is 5.75 Å². The van der Waals surface area contributed by atoms with Gasteiger partial charge in [0.1, 0.15) is 5.75 Å². The molecular formula is C25H28BrNO5S. The zero-order valence-corrected chi connectivity index (χ0v) is 20.8. The first-order chi connectivity index (χ1) is 15.9. The number of thiophene rings is 1. The summed E-state index contributed by atoms with van der Waals surface area (Å²) in [6.07, 6.45) is 5.62. The second-order valence-corrected chi connectivity index (χ2v) is 9.06. The van der Waals surface area contributed by atoms with Crippen LogP contribution in [-0.4, -0.2) is 42.4 Å². The molecule has 0 atom stereocenters. The predicted octanol–water partition coefficient (Wildman–Crippen LogP) is 6.06. The molecular weight excluding hydrogens is 506 g/mol. The molecule has 6 nitrogen and oxygen atoms in total. The summed E-state index contributed by atoms with van der Waals surface area (Å²) >= 11 is 4.97. The molecule has 1 aromatic heterocycles. The lowest BCUT2D eigenvalue weighted by Gasteiger charge is -2.06. The molecule has 0 radical (unpaired) electrons. The lowest BCUT2D eigenvalue weighted by atomic mass is 10.1. The van der Waals surface area contributed by atoms with Crippen molar-refractivity contribution in [1.29, 1.82) is 0 Å². The number of nitrogens with one attached hydrogen (secondary N) is 1. The second kappa shape index (κ2) is 14.5. The highest BCUT2D eigenvalue weighted by atomic mass is 79.9. The Labute approximate surface area is 206 Å². The Kier molecular flexibility index (Phi) is 11.6. The maximum atomic E-state index is 10.8. The van der Waals surface area contributed by atoms with E-state index in [0.717, 1.165) is 29.8 Å². The highest BCUT2D eigenvalue weighted by molar-refractivity contribution is 9.10. The van der Waals surface area contributed by atoms with Gasteiger partial charge in [-0.1, -0.05) is 40.9 Å². The zero-order chi connectivity index (χ0) is 24.1.